The average molecular weight is 292 g/mol. The van der Waals surface area contributed by atoms with Crippen LogP contribution in [-0.4, -0.2) is 10.9 Å². The van der Waals surface area contributed by atoms with E-state index in [4.69, 9.17) is 0 Å². The lowest BCUT2D eigenvalue weighted by Crippen LogP contribution is -2.09. The lowest BCUT2D eigenvalue weighted by atomic mass is 10.2. The van der Waals surface area contributed by atoms with E-state index < -0.39 is 0 Å². The smallest absolute Gasteiger partial charge is 0.265 e. The fourth-order valence-electron chi connectivity index (χ4n) is 2.42. The number of aromatic nitrogens is 1. The van der Waals surface area contributed by atoms with E-state index in [2.05, 4.69) is 10.3 Å². The molecule has 0 aliphatic rings. The van der Waals surface area contributed by atoms with E-state index in [0.717, 1.165) is 31.6 Å². The number of thiophene rings is 1. The third kappa shape index (κ3) is 2.19. The molecule has 2 heterocycles. The molecule has 1 amide bonds. The van der Waals surface area contributed by atoms with Gasteiger partial charge in [-0.2, -0.15) is 0 Å². The van der Waals surface area contributed by atoms with Crippen LogP contribution in [0.15, 0.2) is 60.8 Å². The zero-order chi connectivity index (χ0) is 14.2. The van der Waals surface area contributed by atoms with E-state index in [1.807, 2.05) is 60.8 Å². The Kier molecular flexibility index (Phi) is 2.75. The first-order valence-electron chi connectivity index (χ1n) is 6.67. The molecule has 0 bridgehead atoms. The largest absolute Gasteiger partial charge is 0.361 e. The molecule has 2 aromatic carbocycles. The third-order valence-corrected chi connectivity index (χ3v) is 4.58. The minimum Gasteiger partial charge on any atom is -0.361 e. The topological polar surface area (TPSA) is 44.9 Å². The first-order chi connectivity index (χ1) is 10.3. The minimum atomic E-state index is -0.0638. The highest BCUT2D eigenvalue weighted by Gasteiger charge is 2.10. The van der Waals surface area contributed by atoms with Crippen LogP contribution in [0.5, 0.6) is 0 Å². The Labute approximate surface area is 125 Å². The maximum absolute atomic E-state index is 12.3. The molecule has 2 aromatic heterocycles. The standard InChI is InChI=1S/C17H12N2OS/c20-17(16-10-12-3-1-2-4-15(12)21-16)19-13-5-6-14-11(9-13)7-8-18-14/h1-10,18H,(H,19,20). The van der Waals surface area contributed by atoms with Gasteiger partial charge in [0, 0.05) is 27.5 Å². The zero-order valence-corrected chi connectivity index (χ0v) is 11.9. The van der Waals surface area contributed by atoms with Crippen molar-refractivity contribution in [1.29, 1.82) is 0 Å². The fraction of sp³-hybridized carbons (Fsp3) is 0. The van der Waals surface area contributed by atoms with E-state index >= 15 is 0 Å². The van der Waals surface area contributed by atoms with Crippen molar-refractivity contribution >= 4 is 43.9 Å². The quantitative estimate of drug-likeness (QED) is 0.555. The summed E-state index contributed by atoms with van der Waals surface area (Å²) < 4.78 is 1.13. The molecule has 4 rings (SSSR count). The number of carbonyl (C=O) groups excluding carboxylic acids is 1. The van der Waals surface area contributed by atoms with Crippen LogP contribution in [0.2, 0.25) is 0 Å². The molecule has 0 aliphatic carbocycles. The van der Waals surface area contributed by atoms with Gasteiger partial charge in [0.25, 0.3) is 5.91 Å². The molecule has 0 saturated carbocycles. The predicted molar refractivity (Wildman–Crippen MR) is 88.1 cm³/mol. The van der Waals surface area contributed by atoms with Crippen LogP contribution in [0.1, 0.15) is 9.67 Å². The van der Waals surface area contributed by atoms with Gasteiger partial charge in [-0.1, -0.05) is 18.2 Å². The number of H-pyrrole nitrogens is 1. The number of hydrogen-bond donors (Lipinski definition) is 2. The number of benzene rings is 2. The number of anilines is 1. The SMILES string of the molecule is O=C(Nc1ccc2[nH]ccc2c1)c1cc2ccccc2s1. The molecule has 21 heavy (non-hydrogen) atoms. The predicted octanol–water partition coefficient (Wildman–Crippen LogP) is 4.63. The van der Waals surface area contributed by atoms with Gasteiger partial charge in [0.05, 0.1) is 4.88 Å². The van der Waals surface area contributed by atoms with Crippen molar-refractivity contribution in [2.45, 2.75) is 0 Å². The first-order valence-corrected chi connectivity index (χ1v) is 7.48. The number of hydrogen-bond acceptors (Lipinski definition) is 2. The molecule has 102 valence electrons. The number of fused-ring (bicyclic) bond motifs is 2. The Hall–Kier alpha value is -2.59. The third-order valence-electron chi connectivity index (χ3n) is 3.46. The number of carbonyl (C=O) groups is 1. The lowest BCUT2D eigenvalue weighted by molar-refractivity contribution is 0.103. The lowest BCUT2D eigenvalue weighted by Gasteiger charge is -2.03. The number of rotatable bonds is 2. The summed E-state index contributed by atoms with van der Waals surface area (Å²) in [6.07, 6.45) is 1.89. The van der Waals surface area contributed by atoms with Gasteiger partial charge in [-0.15, -0.1) is 11.3 Å². The van der Waals surface area contributed by atoms with Gasteiger partial charge in [0.15, 0.2) is 0 Å². The normalized spacial score (nSPS) is 11.0. The molecule has 0 spiro atoms. The Bertz CT molecular complexity index is 918. The highest BCUT2D eigenvalue weighted by molar-refractivity contribution is 7.20. The van der Waals surface area contributed by atoms with E-state index in [1.165, 1.54) is 11.3 Å². The van der Waals surface area contributed by atoms with Gasteiger partial charge in [0.1, 0.15) is 0 Å². The fourth-order valence-corrected chi connectivity index (χ4v) is 3.38. The molecule has 3 nitrogen and oxygen atoms in total. The highest BCUT2D eigenvalue weighted by Crippen LogP contribution is 2.26. The molecular formula is C17H12N2OS. The minimum absolute atomic E-state index is 0.0638. The summed E-state index contributed by atoms with van der Waals surface area (Å²) >= 11 is 1.51. The molecule has 0 aliphatic heterocycles. The van der Waals surface area contributed by atoms with Crippen LogP contribution in [0.25, 0.3) is 21.0 Å². The van der Waals surface area contributed by atoms with Crippen molar-refractivity contribution in [3.63, 3.8) is 0 Å². The van der Waals surface area contributed by atoms with Crippen molar-refractivity contribution in [3.8, 4) is 0 Å². The van der Waals surface area contributed by atoms with Crippen LogP contribution in [-0.2, 0) is 0 Å². The van der Waals surface area contributed by atoms with E-state index in [0.29, 0.717) is 0 Å². The molecule has 0 radical (unpaired) electrons. The van der Waals surface area contributed by atoms with E-state index in [9.17, 15) is 4.79 Å². The molecule has 0 atom stereocenters. The van der Waals surface area contributed by atoms with Gasteiger partial charge < -0.3 is 10.3 Å². The van der Waals surface area contributed by atoms with Gasteiger partial charge in [-0.25, -0.2) is 0 Å². The first kappa shape index (κ1) is 12.2. The van der Waals surface area contributed by atoms with Crippen molar-refractivity contribution in [2.75, 3.05) is 5.32 Å². The molecular weight excluding hydrogens is 280 g/mol. The van der Waals surface area contributed by atoms with Crippen LogP contribution in [0.4, 0.5) is 5.69 Å². The van der Waals surface area contributed by atoms with Crippen molar-refractivity contribution in [2.24, 2.45) is 0 Å². The molecule has 0 saturated heterocycles. The second-order valence-electron chi connectivity index (χ2n) is 4.88. The van der Waals surface area contributed by atoms with Crippen LogP contribution in [0.3, 0.4) is 0 Å². The average Bonchev–Trinajstić information content (AvgIpc) is 3.13. The van der Waals surface area contributed by atoms with Crippen molar-refractivity contribution < 1.29 is 4.79 Å². The summed E-state index contributed by atoms with van der Waals surface area (Å²) in [6.45, 7) is 0. The maximum Gasteiger partial charge on any atom is 0.265 e. The van der Waals surface area contributed by atoms with Crippen LogP contribution in [0, 0.1) is 0 Å². The van der Waals surface area contributed by atoms with Crippen molar-refractivity contribution in [3.05, 3.63) is 65.7 Å². The van der Waals surface area contributed by atoms with E-state index in [-0.39, 0.29) is 5.91 Å². The zero-order valence-electron chi connectivity index (χ0n) is 11.1. The van der Waals surface area contributed by atoms with Gasteiger partial charge in [-0.05, 0) is 41.8 Å². The van der Waals surface area contributed by atoms with Crippen LogP contribution >= 0.6 is 11.3 Å². The van der Waals surface area contributed by atoms with E-state index in [1.54, 1.807) is 0 Å². The summed E-state index contributed by atoms with van der Waals surface area (Å²) in [5, 5.41) is 5.15. The monoisotopic (exact) mass is 292 g/mol. The highest BCUT2D eigenvalue weighted by atomic mass is 32.1. The summed E-state index contributed by atoms with van der Waals surface area (Å²) in [5.41, 5.74) is 1.87. The Balaban J connectivity index is 1.64. The second-order valence-corrected chi connectivity index (χ2v) is 5.97. The Morgan fingerprint density at radius 1 is 1.00 bits per heavy atom. The number of nitrogens with one attached hydrogen (secondary N) is 2. The molecule has 0 unspecified atom stereocenters. The van der Waals surface area contributed by atoms with Crippen molar-refractivity contribution in [1.82, 2.24) is 4.98 Å². The second kappa shape index (κ2) is 4.75. The summed E-state index contributed by atoms with van der Waals surface area (Å²) in [7, 11) is 0. The Morgan fingerprint density at radius 2 is 1.90 bits per heavy atom. The Morgan fingerprint density at radius 3 is 2.81 bits per heavy atom. The van der Waals surface area contributed by atoms with Gasteiger partial charge in [-0.3, -0.25) is 4.79 Å². The molecule has 2 N–H and O–H groups in total. The van der Waals surface area contributed by atoms with Gasteiger partial charge >= 0.3 is 0 Å². The molecule has 4 aromatic rings. The summed E-state index contributed by atoms with van der Waals surface area (Å²) in [6, 6.07) is 17.8. The summed E-state index contributed by atoms with van der Waals surface area (Å²) in [5.74, 6) is -0.0638. The van der Waals surface area contributed by atoms with Crippen LogP contribution < -0.4 is 5.32 Å². The van der Waals surface area contributed by atoms with Gasteiger partial charge in [0.2, 0.25) is 0 Å². The number of aromatic amines is 1. The number of amides is 1. The maximum atomic E-state index is 12.3. The summed E-state index contributed by atoms with van der Waals surface area (Å²) in [4.78, 5) is 16.2. The molecule has 4 heteroatoms. The molecule has 0 fully saturated rings.